The number of benzene rings is 2. The predicted octanol–water partition coefficient (Wildman–Crippen LogP) is 5.22. The molecule has 0 saturated carbocycles. The fourth-order valence-corrected chi connectivity index (χ4v) is 2.83. The molecule has 0 atom stereocenters. The lowest BCUT2D eigenvalue weighted by atomic mass is 10.2. The average Bonchev–Trinajstić information content (AvgIpc) is 2.42. The molecule has 0 bridgehead atoms. The summed E-state index contributed by atoms with van der Waals surface area (Å²) in [5, 5.41) is 0. The summed E-state index contributed by atoms with van der Waals surface area (Å²) in [6.45, 7) is 3.82. The van der Waals surface area contributed by atoms with Crippen LogP contribution in [-0.4, -0.2) is 12.1 Å². The monoisotopic (exact) mass is 412 g/mol. The molecular formula is C16H14Br2O3. The van der Waals surface area contributed by atoms with E-state index in [-0.39, 0.29) is 6.10 Å². The van der Waals surface area contributed by atoms with Crippen molar-refractivity contribution < 1.29 is 14.3 Å². The second-order valence-corrected chi connectivity index (χ2v) is 6.40. The third-order valence-electron chi connectivity index (χ3n) is 2.57. The van der Waals surface area contributed by atoms with E-state index >= 15 is 0 Å². The Morgan fingerprint density at radius 2 is 1.76 bits per heavy atom. The zero-order valence-electron chi connectivity index (χ0n) is 11.6. The van der Waals surface area contributed by atoms with Gasteiger partial charge < -0.3 is 9.47 Å². The lowest BCUT2D eigenvalue weighted by molar-refractivity contribution is 0.0727. The third-order valence-corrected chi connectivity index (χ3v) is 3.68. The largest absolute Gasteiger partial charge is 0.490 e. The minimum atomic E-state index is -0.450. The summed E-state index contributed by atoms with van der Waals surface area (Å²) in [4.78, 5) is 12.3. The normalized spacial score (nSPS) is 10.5. The lowest BCUT2D eigenvalue weighted by Crippen LogP contribution is -2.13. The highest BCUT2D eigenvalue weighted by Gasteiger charge is 2.16. The Bertz CT molecular complexity index is 654. The predicted molar refractivity (Wildman–Crippen MR) is 89.0 cm³/mol. The fourth-order valence-electron chi connectivity index (χ4n) is 1.70. The topological polar surface area (TPSA) is 35.5 Å². The van der Waals surface area contributed by atoms with Crippen molar-refractivity contribution in [2.45, 2.75) is 20.0 Å². The first-order valence-corrected chi connectivity index (χ1v) is 7.99. The molecule has 110 valence electrons. The highest BCUT2D eigenvalue weighted by Crippen LogP contribution is 2.30. The van der Waals surface area contributed by atoms with Crippen molar-refractivity contribution in [3.8, 4) is 11.5 Å². The molecule has 5 heteroatoms. The number of para-hydroxylation sites is 1. The standard InChI is InChI=1S/C16H14Br2O3/c1-10(2)20-14-6-4-3-5-12(14)16(19)21-15-8-7-11(17)9-13(15)18/h3-10H,1-2H3. The van der Waals surface area contributed by atoms with Gasteiger partial charge in [-0.25, -0.2) is 4.79 Å². The van der Waals surface area contributed by atoms with E-state index in [1.807, 2.05) is 32.0 Å². The first-order chi connectivity index (χ1) is 9.97. The van der Waals surface area contributed by atoms with E-state index in [1.165, 1.54) is 0 Å². The van der Waals surface area contributed by atoms with Crippen LogP contribution in [0, 0.1) is 0 Å². The first kappa shape index (κ1) is 16.0. The Kier molecular flexibility index (Phi) is 5.42. The molecule has 0 amide bonds. The summed E-state index contributed by atoms with van der Waals surface area (Å²) < 4.78 is 12.7. The summed E-state index contributed by atoms with van der Waals surface area (Å²) in [5.74, 6) is 0.530. The third kappa shape index (κ3) is 4.32. The van der Waals surface area contributed by atoms with Gasteiger partial charge in [0, 0.05) is 4.47 Å². The van der Waals surface area contributed by atoms with Crippen LogP contribution in [0.25, 0.3) is 0 Å². The van der Waals surface area contributed by atoms with Crippen LogP contribution >= 0.6 is 31.9 Å². The van der Waals surface area contributed by atoms with Gasteiger partial charge in [0.1, 0.15) is 17.1 Å². The molecule has 0 heterocycles. The van der Waals surface area contributed by atoms with Crippen molar-refractivity contribution in [2.24, 2.45) is 0 Å². The lowest BCUT2D eigenvalue weighted by Gasteiger charge is -2.13. The van der Waals surface area contributed by atoms with E-state index in [0.717, 1.165) is 4.47 Å². The Morgan fingerprint density at radius 3 is 2.43 bits per heavy atom. The maximum absolute atomic E-state index is 12.3. The van der Waals surface area contributed by atoms with Gasteiger partial charge >= 0.3 is 5.97 Å². The van der Waals surface area contributed by atoms with Gasteiger partial charge in [0.15, 0.2) is 0 Å². The van der Waals surface area contributed by atoms with E-state index in [1.54, 1.807) is 24.3 Å². The van der Waals surface area contributed by atoms with E-state index in [4.69, 9.17) is 9.47 Å². The molecule has 0 unspecified atom stereocenters. The van der Waals surface area contributed by atoms with Crippen molar-refractivity contribution in [1.82, 2.24) is 0 Å². The molecule has 0 radical (unpaired) electrons. The number of hydrogen-bond acceptors (Lipinski definition) is 3. The number of halogens is 2. The van der Waals surface area contributed by atoms with Crippen LogP contribution in [0.4, 0.5) is 0 Å². The summed E-state index contributed by atoms with van der Waals surface area (Å²) in [6, 6.07) is 12.4. The minimum absolute atomic E-state index is 0.0154. The molecule has 2 aromatic carbocycles. The van der Waals surface area contributed by atoms with Gasteiger partial charge in [-0.05, 0) is 60.1 Å². The quantitative estimate of drug-likeness (QED) is 0.509. The van der Waals surface area contributed by atoms with Crippen LogP contribution in [0.1, 0.15) is 24.2 Å². The molecule has 2 aromatic rings. The van der Waals surface area contributed by atoms with Crippen LogP contribution < -0.4 is 9.47 Å². The van der Waals surface area contributed by atoms with Crippen LogP contribution in [0.3, 0.4) is 0 Å². The highest BCUT2D eigenvalue weighted by molar-refractivity contribution is 9.11. The van der Waals surface area contributed by atoms with Gasteiger partial charge in [0.25, 0.3) is 0 Å². The zero-order valence-corrected chi connectivity index (χ0v) is 14.8. The van der Waals surface area contributed by atoms with E-state index in [2.05, 4.69) is 31.9 Å². The SMILES string of the molecule is CC(C)Oc1ccccc1C(=O)Oc1ccc(Br)cc1Br. The highest BCUT2D eigenvalue weighted by atomic mass is 79.9. The average molecular weight is 414 g/mol. The molecule has 0 aliphatic heterocycles. The van der Waals surface area contributed by atoms with Gasteiger partial charge in [0.2, 0.25) is 0 Å². The summed E-state index contributed by atoms with van der Waals surface area (Å²) >= 11 is 6.72. The number of carbonyl (C=O) groups excluding carboxylic acids is 1. The zero-order chi connectivity index (χ0) is 15.4. The van der Waals surface area contributed by atoms with Crippen LogP contribution in [0.2, 0.25) is 0 Å². The Balaban J connectivity index is 2.24. The molecule has 0 fully saturated rings. The van der Waals surface area contributed by atoms with Crippen molar-refractivity contribution in [1.29, 1.82) is 0 Å². The second-order valence-electron chi connectivity index (χ2n) is 4.63. The Labute approximate surface area is 140 Å². The Hall–Kier alpha value is -1.33. The van der Waals surface area contributed by atoms with E-state index in [0.29, 0.717) is 21.5 Å². The molecule has 3 nitrogen and oxygen atoms in total. The van der Waals surface area contributed by atoms with Gasteiger partial charge in [-0.1, -0.05) is 28.1 Å². The molecule has 0 saturated heterocycles. The minimum Gasteiger partial charge on any atom is -0.490 e. The van der Waals surface area contributed by atoms with Gasteiger partial charge in [-0.2, -0.15) is 0 Å². The molecule has 0 aliphatic rings. The van der Waals surface area contributed by atoms with Crippen molar-refractivity contribution in [3.05, 3.63) is 57.0 Å². The molecule has 0 spiro atoms. The van der Waals surface area contributed by atoms with Crippen LogP contribution in [-0.2, 0) is 0 Å². The van der Waals surface area contributed by atoms with E-state index < -0.39 is 5.97 Å². The van der Waals surface area contributed by atoms with Crippen molar-refractivity contribution >= 4 is 37.8 Å². The molecule has 0 aromatic heterocycles. The summed E-state index contributed by atoms with van der Waals surface area (Å²) in [6.07, 6.45) is -0.0154. The smallest absolute Gasteiger partial charge is 0.347 e. The van der Waals surface area contributed by atoms with Crippen molar-refractivity contribution in [2.75, 3.05) is 0 Å². The molecule has 0 N–H and O–H groups in total. The number of esters is 1. The number of ether oxygens (including phenoxy) is 2. The fraction of sp³-hybridized carbons (Fsp3) is 0.188. The van der Waals surface area contributed by atoms with E-state index in [9.17, 15) is 4.79 Å². The van der Waals surface area contributed by atoms with Crippen LogP contribution in [0.5, 0.6) is 11.5 Å². The van der Waals surface area contributed by atoms with Crippen LogP contribution in [0.15, 0.2) is 51.4 Å². The summed E-state index contributed by atoms with van der Waals surface area (Å²) in [5.41, 5.74) is 0.404. The maximum Gasteiger partial charge on any atom is 0.347 e. The van der Waals surface area contributed by atoms with Gasteiger partial charge in [-0.15, -0.1) is 0 Å². The second kappa shape index (κ2) is 7.09. The molecule has 0 aliphatic carbocycles. The number of rotatable bonds is 4. The molecule has 2 rings (SSSR count). The van der Waals surface area contributed by atoms with Gasteiger partial charge in [-0.3, -0.25) is 0 Å². The summed E-state index contributed by atoms with van der Waals surface area (Å²) in [7, 11) is 0. The number of carbonyl (C=O) groups is 1. The number of hydrogen-bond donors (Lipinski definition) is 0. The molecular weight excluding hydrogens is 400 g/mol. The van der Waals surface area contributed by atoms with Crippen molar-refractivity contribution in [3.63, 3.8) is 0 Å². The first-order valence-electron chi connectivity index (χ1n) is 6.40. The maximum atomic E-state index is 12.3. The molecule has 21 heavy (non-hydrogen) atoms. The Morgan fingerprint density at radius 1 is 1.05 bits per heavy atom. The van der Waals surface area contributed by atoms with Gasteiger partial charge in [0.05, 0.1) is 10.6 Å².